The highest BCUT2D eigenvalue weighted by molar-refractivity contribution is 6.26. The third-order valence-electron chi connectivity index (χ3n) is 10.4. The van der Waals surface area contributed by atoms with Crippen LogP contribution in [-0.2, 0) is 23.9 Å². The van der Waals surface area contributed by atoms with Crippen LogP contribution in [-0.4, -0.2) is 46.8 Å². The van der Waals surface area contributed by atoms with Crippen molar-refractivity contribution in [3.63, 3.8) is 0 Å². The molecule has 220 valence electrons. The van der Waals surface area contributed by atoms with Crippen LogP contribution in [0.25, 0.3) is 0 Å². The van der Waals surface area contributed by atoms with Crippen molar-refractivity contribution < 1.29 is 33.0 Å². The highest BCUT2D eigenvalue weighted by Crippen LogP contribution is 2.71. The first-order valence-electron chi connectivity index (χ1n) is 14.4. The zero-order valence-electron chi connectivity index (χ0n) is 24.3. The first-order valence-corrected chi connectivity index (χ1v) is 14.7. The van der Waals surface area contributed by atoms with E-state index in [4.69, 9.17) is 21.1 Å². The van der Waals surface area contributed by atoms with Crippen molar-refractivity contribution in [2.75, 3.05) is 6.61 Å². The monoisotopic (exact) mass is 584 g/mol. The van der Waals surface area contributed by atoms with Crippen molar-refractivity contribution in [2.45, 2.75) is 83.4 Å². The van der Waals surface area contributed by atoms with E-state index in [0.717, 1.165) is 5.57 Å². The van der Waals surface area contributed by atoms with E-state index in [1.54, 1.807) is 63.3 Å². The molecule has 8 heteroatoms. The van der Waals surface area contributed by atoms with Gasteiger partial charge in [-0.15, -0.1) is 11.6 Å². The Morgan fingerprint density at radius 1 is 1.07 bits per heavy atom. The molecule has 1 aromatic carbocycles. The zero-order chi connectivity index (χ0) is 30.0. The molecule has 0 heterocycles. The number of hydrogen-bond acceptors (Lipinski definition) is 6. The Labute approximate surface area is 245 Å². The number of allylic oxidation sites excluding steroid dienone is 4. The predicted molar refractivity (Wildman–Crippen MR) is 152 cm³/mol. The number of Topliss-reactive ketones (excluding diaryl/α,β-unsaturated/α-hetero) is 1. The molecule has 0 unspecified atom stereocenters. The van der Waals surface area contributed by atoms with Crippen molar-refractivity contribution in [3.05, 3.63) is 59.7 Å². The number of hydrogen-bond donors (Lipinski definition) is 0. The molecule has 6 nitrogen and oxygen atoms in total. The Morgan fingerprint density at radius 2 is 1.76 bits per heavy atom. The molecule has 3 fully saturated rings. The highest BCUT2D eigenvalue weighted by Gasteiger charge is 2.75. The van der Waals surface area contributed by atoms with Gasteiger partial charge in [-0.05, 0) is 89.0 Å². The van der Waals surface area contributed by atoms with E-state index in [1.807, 2.05) is 13.8 Å². The van der Waals surface area contributed by atoms with Crippen LogP contribution in [0.2, 0.25) is 0 Å². The normalized spacial score (nSPS) is 37.8. The van der Waals surface area contributed by atoms with E-state index in [1.165, 1.54) is 6.08 Å². The third-order valence-corrected chi connectivity index (χ3v) is 11.3. The zero-order valence-corrected chi connectivity index (χ0v) is 25.1. The smallest absolute Gasteiger partial charge is 0.339 e. The SMILES string of the molecule is CC(C)(C)C(=O)OCC(=O)[C@@]1(OC(=O)c2ccccc2)CC[C@H]2[C@@H]3CCC4=CC(=O)C=C[C@]4(C)[C@@]3(Cl)[C@@H](F)C[C@@]21C. The van der Waals surface area contributed by atoms with Crippen molar-refractivity contribution in [2.24, 2.45) is 28.1 Å². The maximum Gasteiger partial charge on any atom is 0.339 e. The highest BCUT2D eigenvalue weighted by atomic mass is 35.5. The molecule has 0 saturated heterocycles. The topological polar surface area (TPSA) is 86.7 Å². The second kappa shape index (κ2) is 9.89. The average Bonchev–Trinajstić information content (AvgIpc) is 3.20. The van der Waals surface area contributed by atoms with Gasteiger partial charge in [-0.3, -0.25) is 14.4 Å². The summed E-state index contributed by atoms with van der Waals surface area (Å²) < 4.78 is 28.4. The number of rotatable bonds is 5. The van der Waals surface area contributed by atoms with Gasteiger partial charge >= 0.3 is 11.9 Å². The summed E-state index contributed by atoms with van der Waals surface area (Å²) in [6.07, 6.45) is 4.88. The lowest BCUT2D eigenvalue weighted by Crippen LogP contribution is -2.68. The molecule has 0 spiro atoms. The number of carbonyl (C=O) groups excluding carboxylic acids is 4. The summed E-state index contributed by atoms with van der Waals surface area (Å²) in [5, 5.41) is 0. The van der Waals surface area contributed by atoms with Gasteiger partial charge in [0, 0.05) is 10.8 Å². The number of ether oxygens (including phenoxy) is 2. The van der Waals surface area contributed by atoms with Crippen molar-refractivity contribution >= 4 is 35.1 Å². The standard InChI is InChI=1S/C33H38ClFO6/c1-29(2,3)28(39)40-19-26(37)32(41-27(38)20-9-7-6-8-10-20)16-14-23-24-12-11-21-17-22(36)13-15-30(21,4)33(24,34)25(35)18-31(23,32)5/h6-10,13,15,17,23-25H,11-12,14,16,18-19H2,1-5H3/t23-,24-,25-,30-,31-,32-,33-/m0/s1. The minimum absolute atomic E-state index is 0.122. The van der Waals surface area contributed by atoms with Gasteiger partial charge in [0.05, 0.1) is 15.9 Å². The first kappa shape index (κ1) is 29.7. The van der Waals surface area contributed by atoms with Crippen LogP contribution in [0, 0.1) is 28.1 Å². The Morgan fingerprint density at radius 3 is 2.41 bits per heavy atom. The van der Waals surface area contributed by atoms with Gasteiger partial charge in [-0.1, -0.05) is 43.7 Å². The van der Waals surface area contributed by atoms with Crippen LogP contribution in [0.15, 0.2) is 54.1 Å². The van der Waals surface area contributed by atoms with Gasteiger partial charge in [-0.2, -0.15) is 0 Å². The summed E-state index contributed by atoms with van der Waals surface area (Å²) in [6, 6.07) is 8.37. The molecule has 4 aliphatic rings. The maximum atomic E-state index is 16.8. The Bertz CT molecular complexity index is 1350. The molecule has 3 saturated carbocycles. The summed E-state index contributed by atoms with van der Waals surface area (Å²) in [7, 11) is 0. The molecule has 7 atom stereocenters. The Hall–Kier alpha value is -2.80. The second-order valence-electron chi connectivity index (χ2n) is 13.6. The average molecular weight is 585 g/mol. The molecule has 0 N–H and O–H groups in total. The molecule has 0 aliphatic heterocycles. The number of fused-ring (bicyclic) bond motifs is 5. The lowest BCUT2D eigenvalue weighted by molar-refractivity contribution is -0.176. The second-order valence-corrected chi connectivity index (χ2v) is 14.2. The van der Waals surface area contributed by atoms with Crippen LogP contribution in [0.5, 0.6) is 0 Å². The number of benzene rings is 1. The first-order chi connectivity index (χ1) is 19.1. The molecule has 5 rings (SSSR count). The third kappa shape index (κ3) is 4.33. The molecular formula is C33H38ClFO6. The Kier molecular flexibility index (Phi) is 7.16. The fourth-order valence-electron chi connectivity index (χ4n) is 8.07. The van der Waals surface area contributed by atoms with Crippen LogP contribution in [0.3, 0.4) is 0 Å². The number of halogens is 2. The van der Waals surface area contributed by atoms with E-state index in [2.05, 4.69) is 0 Å². The molecule has 0 radical (unpaired) electrons. The van der Waals surface area contributed by atoms with Crippen LogP contribution in [0.4, 0.5) is 4.39 Å². The largest absolute Gasteiger partial charge is 0.457 e. The lowest BCUT2D eigenvalue weighted by Gasteiger charge is -2.63. The predicted octanol–water partition coefficient (Wildman–Crippen LogP) is 6.36. The fourth-order valence-corrected chi connectivity index (χ4v) is 8.59. The summed E-state index contributed by atoms with van der Waals surface area (Å²) in [6.45, 7) is 8.20. The van der Waals surface area contributed by atoms with E-state index < -0.39 is 57.2 Å². The fraction of sp³-hybridized carbons (Fsp3) is 0.576. The van der Waals surface area contributed by atoms with Crippen molar-refractivity contribution in [1.82, 2.24) is 0 Å². The van der Waals surface area contributed by atoms with E-state index in [9.17, 15) is 19.2 Å². The number of esters is 2. The van der Waals surface area contributed by atoms with E-state index in [0.29, 0.717) is 19.3 Å². The quantitative estimate of drug-likeness (QED) is 0.296. The molecule has 0 aromatic heterocycles. The van der Waals surface area contributed by atoms with Crippen molar-refractivity contribution in [1.29, 1.82) is 0 Å². The number of alkyl halides is 2. The molecular weight excluding hydrogens is 547 g/mol. The van der Waals surface area contributed by atoms with Gasteiger partial charge in [0.15, 0.2) is 18.0 Å². The number of carbonyl (C=O) groups is 4. The van der Waals surface area contributed by atoms with E-state index in [-0.39, 0.29) is 36.0 Å². The molecule has 0 amide bonds. The minimum Gasteiger partial charge on any atom is -0.457 e. The van der Waals surface area contributed by atoms with E-state index >= 15 is 4.39 Å². The lowest BCUT2D eigenvalue weighted by atomic mass is 9.46. The molecule has 0 bridgehead atoms. The molecule has 1 aromatic rings. The van der Waals surface area contributed by atoms with Crippen LogP contribution < -0.4 is 0 Å². The van der Waals surface area contributed by atoms with Gasteiger partial charge in [-0.25, -0.2) is 9.18 Å². The summed E-state index contributed by atoms with van der Waals surface area (Å²) >= 11 is 7.41. The molecule has 41 heavy (non-hydrogen) atoms. The maximum absolute atomic E-state index is 16.8. The van der Waals surface area contributed by atoms with Crippen LogP contribution >= 0.6 is 11.6 Å². The van der Waals surface area contributed by atoms with Gasteiger partial charge in [0.1, 0.15) is 6.17 Å². The minimum atomic E-state index is -1.71. The molecule has 4 aliphatic carbocycles. The van der Waals surface area contributed by atoms with Gasteiger partial charge < -0.3 is 9.47 Å². The Balaban J connectivity index is 1.55. The van der Waals surface area contributed by atoms with Gasteiger partial charge in [0.25, 0.3) is 0 Å². The summed E-state index contributed by atoms with van der Waals surface area (Å²) in [4.78, 5) is 51.0. The summed E-state index contributed by atoms with van der Waals surface area (Å²) in [5.41, 5.74) is -3.41. The van der Waals surface area contributed by atoms with Crippen LogP contribution in [0.1, 0.15) is 77.1 Å². The van der Waals surface area contributed by atoms with Crippen molar-refractivity contribution in [3.8, 4) is 0 Å². The number of ketones is 2. The van der Waals surface area contributed by atoms with Gasteiger partial charge in [0.2, 0.25) is 5.78 Å². The summed E-state index contributed by atoms with van der Waals surface area (Å²) in [5.74, 6) is -2.52.